The number of nitrogens with one attached hydrogen (secondary N) is 1. The van der Waals surface area contributed by atoms with Crippen molar-refractivity contribution in [1.29, 1.82) is 0 Å². The second-order valence-electron chi connectivity index (χ2n) is 7.19. The number of anilines is 1. The SMILES string of the molecule is CN1CCN(C2CCN(c3nccc(/C=C4\SC(=O)NC4=O)n3)CC2)CC1. The van der Waals surface area contributed by atoms with Gasteiger partial charge < -0.3 is 9.80 Å². The summed E-state index contributed by atoms with van der Waals surface area (Å²) < 4.78 is 0. The van der Waals surface area contributed by atoms with E-state index in [0.717, 1.165) is 63.9 Å². The Morgan fingerprint density at radius 3 is 2.56 bits per heavy atom. The number of thioether (sulfide) groups is 1. The van der Waals surface area contributed by atoms with Crippen molar-refractivity contribution >= 4 is 34.9 Å². The van der Waals surface area contributed by atoms with Crippen LogP contribution in [-0.4, -0.2) is 83.3 Å². The third-order valence-corrected chi connectivity index (χ3v) is 6.20. The minimum Gasteiger partial charge on any atom is -0.341 e. The van der Waals surface area contributed by atoms with Crippen molar-refractivity contribution in [3.8, 4) is 0 Å². The smallest absolute Gasteiger partial charge is 0.290 e. The quantitative estimate of drug-likeness (QED) is 0.769. The number of imide groups is 1. The van der Waals surface area contributed by atoms with E-state index in [1.54, 1.807) is 18.3 Å². The average Bonchev–Trinajstić information content (AvgIpc) is 3.00. The molecule has 0 spiro atoms. The molecule has 1 N–H and O–H groups in total. The molecule has 0 aromatic carbocycles. The minimum absolute atomic E-state index is 0.341. The van der Waals surface area contributed by atoms with E-state index in [-0.39, 0.29) is 11.1 Å². The number of likely N-dealkylation sites (N-methyl/N-ethyl adjacent to an activating group) is 1. The molecule has 2 amide bonds. The Morgan fingerprint density at radius 1 is 1.15 bits per heavy atom. The summed E-state index contributed by atoms with van der Waals surface area (Å²) >= 11 is 0.905. The fourth-order valence-electron chi connectivity index (χ4n) is 3.77. The van der Waals surface area contributed by atoms with Crippen LogP contribution in [0.25, 0.3) is 6.08 Å². The number of aromatic nitrogens is 2. The topological polar surface area (TPSA) is 81.7 Å². The van der Waals surface area contributed by atoms with Gasteiger partial charge in [0.05, 0.1) is 10.6 Å². The third kappa shape index (κ3) is 4.31. The van der Waals surface area contributed by atoms with E-state index in [2.05, 4.69) is 37.0 Å². The summed E-state index contributed by atoms with van der Waals surface area (Å²) in [6, 6.07) is 2.40. The molecule has 1 aromatic heterocycles. The molecule has 3 fully saturated rings. The van der Waals surface area contributed by atoms with Crippen LogP contribution in [0.5, 0.6) is 0 Å². The fraction of sp³-hybridized carbons (Fsp3) is 0.556. The molecule has 9 heteroatoms. The first-order valence-electron chi connectivity index (χ1n) is 9.34. The first-order valence-corrected chi connectivity index (χ1v) is 10.2. The third-order valence-electron chi connectivity index (χ3n) is 5.39. The Bertz CT molecular complexity index is 754. The molecule has 4 heterocycles. The van der Waals surface area contributed by atoms with E-state index in [0.29, 0.717) is 22.6 Å². The zero-order valence-corrected chi connectivity index (χ0v) is 16.2. The molecule has 144 valence electrons. The zero-order valence-electron chi connectivity index (χ0n) is 15.4. The monoisotopic (exact) mass is 388 g/mol. The summed E-state index contributed by atoms with van der Waals surface area (Å²) in [5.41, 5.74) is 0.647. The van der Waals surface area contributed by atoms with Crippen molar-refractivity contribution in [2.75, 3.05) is 51.2 Å². The lowest BCUT2D eigenvalue weighted by Gasteiger charge is -2.42. The number of nitrogens with zero attached hydrogens (tertiary/aromatic N) is 5. The molecule has 0 radical (unpaired) electrons. The molecule has 3 aliphatic rings. The van der Waals surface area contributed by atoms with Crippen LogP contribution in [0.4, 0.5) is 10.7 Å². The molecular formula is C18H24N6O2S. The highest BCUT2D eigenvalue weighted by Crippen LogP contribution is 2.26. The summed E-state index contributed by atoms with van der Waals surface area (Å²) in [7, 11) is 2.18. The Kier molecular flexibility index (Phi) is 5.42. The predicted molar refractivity (Wildman–Crippen MR) is 105 cm³/mol. The Hall–Kier alpha value is -1.97. The van der Waals surface area contributed by atoms with Crippen LogP contribution < -0.4 is 10.2 Å². The van der Waals surface area contributed by atoms with Crippen molar-refractivity contribution in [1.82, 2.24) is 25.1 Å². The molecule has 3 saturated heterocycles. The summed E-state index contributed by atoms with van der Waals surface area (Å²) in [6.07, 6.45) is 5.59. The summed E-state index contributed by atoms with van der Waals surface area (Å²) in [4.78, 5) is 39.6. The maximum atomic E-state index is 11.7. The van der Waals surface area contributed by atoms with Gasteiger partial charge in [0, 0.05) is 51.5 Å². The molecular weight excluding hydrogens is 364 g/mol. The average molecular weight is 388 g/mol. The molecule has 0 saturated carbocycles. The molecule has 0 bridgehead atoms. The summed E-state index contributed by atoms with van der Waals surface area (Å²) in [5.74, 6) is 0.328. The second-order valence-corrected chi connectivity index (χ2v) is 8.21. The summed E-state index contributed by atoms with van der Waals surface area (Å²) in [6.45, 7) is 6.47. The molecule has 0 atom stereocenters. The van der Waals surface area contributed by atoms with Gasteiger partial charge in [-0.2, -0.15) is 0 Å². The van der Waals surface area contributed by atoms with E-state index < -0.39 is 0 Å². The Labute approximate surface area is 163 Å². The van der Waals surface area contributed by atoms with Gasteiger partial charge in [-0.25, -0.2) is 9.97 Å². The maximum Gasteiger partial charge on any atom is 0.290 e. The van der Waals surface area contributed by atoms with Crippen LogP contribution >= 0.6 is 11.8 Å². The van der Waals surface area contributed by atoms with Crippen LogP contribution in [0.15, 0.2) is 17.2 Å². The standard InChI is InChI=1S/C18H24N6O2S/c1-22-8-10-23(11-9-22)14-3-6-24(7-4-14)17-19-5-2-13(20-17)12-15-16(25)21-18(26)27-15/h2,5,12,14H,3-4,6-11H2,1H3,(H,21,25,26)/b15-12-. The predicted octanol–water partition coefficient (Wildman–Crippen LogP) is 1.02. The molecule has 0 aliphatic carbocycles. The van der Waals surface area contributed by atoms with Crippen LogP contribution in [0.2, 0.25) is 0 Å². The molecule has 3 aliphatic heterocycles. The first kappa shape index (κ1) is 18.4. The van der Waals surface area contributed by atoms with Gasteiger partial charge in [0.15, 0.2) is 0 Å². The molecule has 0 unspecified atom stereocenters. The Morgan fingerprint density at radius 2 is 1.89 bits per heavy atom. The minimum atomic E-state index is -0.363. The van der Waals surface area contributed by atoms with Gasteiger partial charge in [-0.05, 0) is 43.8 Å². The van der Waals surface area contributed by atoms with Crippen LogP contribution in [-0.2, 0) is 4.79 Å². The molecule has 4 rings (SSSR count). The number of amides is 2. The van der Waals surface area contributed by atoms with Gasteiger partial charge in [0.1, 0.15) is 0 Å². The largest absolute Gasteiger partial charge is 0.341 e. The van der Waals surface area contributed by atoms with Gasteiger partial charge in [-0.1, -0.05) is 0 Å². The highest BCUT2D eigenvalue weighted by atomic mass is 32.2. The van der Waals surface area contributed by atoms with Crippen LogP contribution in [0, 0.1) is 0 Å². The van der Waals surface area contributed by atoms with Gasteiger partial charge in [-0.3, -0.25) is 19.8 Å². The number of rotatable bonds is 3. The summed E-state index contributed by atoms with van der Waals surface area (Å²) in [5, 5.41) is 1.92. The van der Waals surface area contributed by atoms with Gasteiger partial charge in [0.25, 0.3) is 11.1 Å². The van der Waals surface area contributed by atoms with Crippen molar-refractivity contribution in [3.05, 3.63) is 22.9 Å². The number of carbonyl (C=O) groups is 2. The number of carbonyl (C=O) groups excluding carboxylic acids is 2. The fourth-order valence-corrected chi connectivity index (χ4v) is 4.43. The van der Waals surface area contributed by atoms with Gasteiger partial charge in [0.2, 0.25) is 5.95 Å². The zero-order chi connectivity index (χ0) is 18.8. The number of hydrogen-bond donors (Lipinski definition) is 1. The van der Waals surface area contributed by atoms with Crippen molar-refractivity contribution in [3.63, 3.8) is 0 Å². The van der Waals surface area contributed by atoms with Gasteiger partial charge in [-0.15, -0.1) is 0 Å². The molecule has 1 aromatic rings. The second kappa shape index (κ2) is 7.95. The van der Waals surface area contributed by atoms with E-state index in [9.17, 15) is 9.59 Å². The van der Waals surface area contributed by atoms with E-state index in [1.165, 1.54) is 0 Å². The van der Waals surface area contributed by atoms with Gasteiger partial charge >= 0.3 is 0 Å². The van der Waals surface area contributed by atoms with Crippen molar-refractivity contribution in [2.24, 2.45) is 0 Å². The lowest BCUT2D eigenvalue weighted by Crippen LogP contribution is -2.52. The van der Waals surface area contributed by atoms with E-state index in [1.807, 2.05) is 0 Å². The van der Waals surface area contributed by atoms with Crippen molar-refractivity contribution in [2.45, 2.75) is 18.9 Å². The van der Waals surface area contributed by atoms with Crippen LogP contribution in [0.3, 0.4) is 0 Å². The number of piperidine rings is 1. The molecule has 27 heavy (non-hydrogen) atoms. The molecule has 8 nitrogen and oxygen atoms in total. The van der Waals surface area contributed by atoms with E-state index >= 15 is 0 Å². The highest BCUT2D eigenvalue weighted by Gasteiger charge is 2.28. The lowest BCUT2D eigenvalue weighted by molar-refractivity contribution is -0.115. The number of hydrogen-bond acceptors (Lipinski definition) is 8. The lowest BCUT2D eigenvalue weighted by atomic mass is 10.0. The normalized spacial score (nSPS) is 24.6. The van der Waals surface area contributed by atoms with Crippen LogP contribution in [0.1, 0.15) is 18.5 Å². The highest BCUT2D eigenvalue weighted by molar-refractivity contribution is 8.18. The van der Waals surface area contributed by atoms with E-state index in [4.69, 9.17) is 0 Å². The maximum absolute atomic E-state index is 11.7. The Balaban J connectivity index is 1.38. The first-order chi connectivity index (χ1) is 13.1. The number of piperazine rings is 1. The van der Waals surface area contributed by atoms with Crippen molar-refractivity contribution < 1.29 is 9.59 Å².